The molecule has 0 fully saturated rings. The Kier molecular flexibility index (Phi) is 6.36. The molecule has 2 aromatic carbocycles. The monoisotopic (exact) mass is 438 g/mol. The lowest BCUT2D eigenvalue weighted by molar-refractivity contribution is -0.462. The largest absolute Gasteiger partial charge is 0.456 e. The number of allylic oxidation sites excluding steroid dienone is 8. The first-order valence-corrected chi connectivity index (χ1v) is 11.1. The normalized spacial score (nSPS) is 15.2. The van der Waals surface area contributed by atoms with E-state index >= 15 is 0 Å². The number of benzene rings is 2. The zero-order chi connectivity index (χ0) is 23.5. The highest BCUT2D eigenvalue weighted by Crippen LogP contribution is 2.35. The maximum Gasteiger partial charge on any atom is 0.199 e. The Labute approximate surface area is 197 Å². The minimum Gasteiger partial charge on any atom is -0.456 e. The second-order valence-electron chi connectivity index (χ2n) is 8.90. The molecule has 168 valence electrons. The van der Waals surface area contributed by atoms with Crippen molar-refractivity contribution in [2.24, 2.45) is 0 Å². The van der Waals surface area contributed by atoms with Crippen molar-refractivity contribution in [2.75, 3.05) is 52.1 Å². The third-order valence-corrected chi connectivity index (χ3v) is 5.85. The molecule has 2 aromatic rings. The molecule has 0 spiro atoms. The Balaban J connectivity index is 1.77. The first-order chi connectivity index (χ1) is 15.8. The van der Waals surface area contributed by atoms with Gasteiger partial charge in [0.15, 0.2) is 5.71 Å². The highest BCUT2D eigenvalue weighted by molar-refractivity contribution is 6.02. The Morgan fingerprint density at radius 3 is 1.64 bits per heavy atom. The average molecular weight is 439 g/mol. The lowest BCUT2D eigenvalue weighted by Crippen LogP contribution is -2.10. The van der Waals surface area contributed by atoms with Crippen molar-refractivity contribution >= 4 is 28.4 Å². The van der Waals surface area contributed by atoms with Gasteiger partial charge in [0.2, 0.25) is 0 Å². The zero-order valence-electron chi connectivity index (χ0n) is 20.3. The van der Waals surface area contributed by atoms with E-state index in [4.69, 9.17) is 4.74 Å². The third-order valence-electron chi connectivity index (χ3n) is 5.85. The van der Waals surface area contributed by atoms with E-state index in [0.717, 1.165) is 45.2 Å². The number of hydrogen-bond acceptors (Lipinski definition) is 3. The lowest BCUT2D eigenvalue weighted by Gasteiger charge is -2.21. The summed E-state index contributed by atoms with van der Waals surface area (Å²) in [5.74, 6) is 1.70. The van der Waals surface area contributed by atoms with Crippen LogP contribution in [0.4, 0.5) is 11.4 Å². The number of nitrogens with zero attached hydrogens (tertiary/aromatic N) is 3. The summed E-state index contributed by atoms with van der Waals surface area (Å²) < 4.78 is 8.54. The van der Waals surface area contributed by atoms with Crippen molar-refractivity contribution in [2.45, 2.75) is 0 Å². The smallest absolute Gasteiger partial charge is 0.199 e. The lowest BCUT2D eigenvalue weighted by atomic mass is 9.98. The molecule has 4 rings (SSSR count). The van der Waals surface area contributed by atoms with Crippen LogP contribution in [0.2, 0.25) is 0 Å². The molecule has 0 atom stereocenters. The van der Waals surface area contributed by atoms with E-state index in [1.54, 1.807) is 0 Å². The molecule has 33 heavy (non-hydrogen) atoms. The predicted octanol–water partition coefficient (Wildman–Crippen LogP) is 5.37. The number of anilines is 2. The van der Waals surface area contributed by atoms with E-state index in [0.29, 0.717) is 0 Å². The van der Waals surface area contributed by atoms with Crippen molar-refractivity contribution in [3.8, 4) is 0 Å². The summed E-state index contributed by atoms with van der Waals surface area (Å²) in [6.45, 7) is 0. The first-order valence-electron chi connectivity index (χ1n) is 11.1. The van der Waals surface area contributed by atoms with Gasteiger partial charge in [-0.2, -0.15) is 0 Å². The third kappa shape index (κ3) is 5.01. The summed E-state index contributed by atoms with van der Waals surface area (Å²) >= 11 is 0. The Morgan fingerprint density at radius 2 is 1.15 bits per heavy atom. The molecule has 1 aliphatic heterocycles. The van der Waals surface area contributed by atoms with E-state index in [1.807, 2.05) is 28.2 Å². The standard InChI is InChI=1S/C29H32N3O/c1-30(2)25-13-7-21(8-14-25)24-19-28(22-9-15-26(16-10-22)31(3)4)33-29(20-24)23-11-17-27(18-12-23)32(5)6/h7-20H,1-6H3/q+1. The maximum atomic E-state index is 6.44. The Morgan fingerprint density at radius 1 is 0.636 bits per heavy atom. The highest BCUT2D eigenvalue weighted by atomic mass is 16.5. The summed E-state index contributed by atoms with van der Waals surface area (Å²) in [5.41, 5.74) is 7.90. The van der Waals surface area contributed by atoms with Gasteiger partial charge in [0, 0.05) is 62.9 Å². The molecule has 0 bridgehead atoms. The summed E-state index contributed by atoms with van der Waals surface area (Å²) in [6.07, 6.45) is 12.7. The summed E-state index contributed by atoms with van der Waals surface area (Å²) in [5, 5.41) is 0. The summed E-state index contributed by atoms with van der Waals surface area (Å²) in [7, 11) is 12.3. The van der Waals surface area contributed by atoms with Crippen LogP contribution in [0.5, 0.6) is 0 Å². The molecule has 0 amide bonds. The van der Waals surface area contributed by atoms with E-state index in [-0.39, 0.29) is 0 Å². The second kappa shape index (κ2) is 9.37. The van der Waals surface area contributed by atoms with Crippen LogP contribution in [0, 0.1) is 0 Å². The van der Waals surface area contributed by atoms with Gasteiger partial charge in [-0.1, -0.05) is 12.1 Å². The van der Waals surface area contributed by atoms with Crippen LogP contribution in [0.1, 0.15) is 11.1 Å². The van der Waals surface area contributed by atoms with Gasteiger partial charge in [0.25, 0.3) is 0 Å². The van der Waals surface area contributed by atoms with Crippen LogP contribution in [-0.4, -0.2) is 52.6 Å². The SMILES string of the molecule is CN(C)c1ccc(C2=CC(=C3C=CC(=[N+](C)C)C=C3)OC(c3ccc(N(C)C)cc3)=C2)cc1. The molecule has 2 aliphatic rings. The highest BCUT2D eigenvalue weighted by Gasteiger charge is 2.18. The molecule has 0 aromatic heterocycles. The van der Waals surface area contributed by atoms with Crippen LogP contribution in [-0.2, 0) is 4.74 Å². The molecule has 4 nitrogen and oxygen atoms in total. The maximum absolute atomic E-state index is 6.44. The fraction of sp³-hybridized carbons (Fsp3) is 0.207. The van der Waals surface area contributed by atoms with Gasteiger partial charge in [0.1, 0.15) is 25.6 Å². The second-order valence-corrected chi connectivity index (χ2v) is 8.90. The topological polar surface area (TPSA) is 18.7 Å². The molecule has 0 N–H and O–H groups in total. The molecule has 0 saturated carbocycles. The molecule has 0 radical (unpaired) electrons. The van der Waals surface area contributed by atoms with Crippen LogP contribution in [0.3, 0.4) is 0 Å². The quantitative estimate of drug-likeness (QED) is 0.599. The van der Waals surface area contributed by atoms with Crippen molar-refractivity contribution in [1.29, 1.82) is 0 Å². The van der Waals surface area contributed by atoms with Gasteiger partial charge in [-0.25, -0.2) is 4.58 Å². The zero-order valence-corrected chi connectivity index (χ0v) is 20.3. The Bertz CT molecular complexity index is 1200. The van der Waals surface area contributed by atoms with Crippen LogP contribution in [0.15, 0.2) is 96.3 Å². The van der Waals surface area contributed by atoms with Crippen molar-refractivity contribution < 1.29 is 9.31 Å². The van der Waals surface area contributed by atoms with Gasteiger partial charge in [-0.15, -0.1) is 0 Å². The summed E-state index contributed by atoms with van der Waals surface area (Å²) in [4.78, 5) is 4.21. The minimum atomic E-state index is 0.848. The molecule has 0 unspecified atom stereocenters. The molecule has 4 heteroatoms. The number of ether oxygens (including phenoxy) is 1. The van der Waals surface area contributed by atoms with Crippen molar-refractivity contribution in [1.82, 2.24) is 0 Å². The van der Waals surface area contributed by atoms with E-state index in [2.05, 4.69) is 113 Å². The molecular weight excluding hydrogens is 406 g/mol. The summed E-state index contributed by atoms with van der Waals surface area (Å²) in [6, 6.07) is 17.1. The van der Waals surface area contributed by atoms with Crippen LogP contribution < -0.4 is 9.80 Å². The molecule has 0 saturated heterocycles. The van der Waals surface area contributed by atoms with Gasteiger partial charge >= 0.3 is 0 Å². The van der Waals surface area contributed by atoms with E-state index in [1.165, 1.54) is 5.69 Å². The van der Waals surface area contributed by atoms with Crippen molar-refractivity contribution in [3.63, 3.8) is 0 Å². The number of hydrogen-bond donors (Lipinski definition) is 0. The number of rotatable bonds is 4. The molecular formula is C29H32N3O+. The van der Waals surface area contributed by atoms with E-state index < -0.39 is 0 Å². The average Bonchev–Trinajstić information content (AvgIpc) is 2.84. The van der Waals surface area contributed by atoms with Gasteiger partial charge in [-0.05, 0) is 71.8 Å². The Hall–Kier alpha value is -3.79. The van der Waals surface area contributed by atoms with Crippen LogP contribution in [0.25, 0.3) is 11.3 Å². The van der Waals surface area contributed by atoms with E-state index in [9.17, 15) is 0 Å². The first kappa shape index (κ1) is 22.4. The van der Waals surface area contributed by atoms with Gasteiger partial charge < -0.3 is 14.5 Å². The fourth-order valence-corrected chi connectivity index (χ4v) is 3.75. The van der Waals surface area contributed by atoms with Crippen molar-refractivity contribution in [3.05, 3.63) is 107 Å². The van der Waals surface area contributed by atoms with Gasteiger partial charge in [0.05, 0.1) is 0 Å². The predicted molar refractivity (Wildman–Crippen MR) is 141 cm³/mol. The minimum absolute atomic E-state index is 0.848. The van der Waals surface area contributed by atoms with Crippen LogP contribution >= 0.6 is 0 Å². The molecule has 1 heterocycles. The van der Waals surface area contributed by atoms with Gasteiger partial charge in [-0.3, -0.25) is 0 Å². The molecule has 1 aliphatic carbocycles. The fourth-order valence-electron chi connectivity index (χ4n) is 3.75.